The van der Waals surface area contributed by atoms with Gasteiger partial charge < -0.3 is 9.52 Å². The van der Waals surface area contributed by atoms with Crippen molar-refractivity contribution < 1.29 is 9.52 Å². The summed E-state index contributed by atoms with van der Waals surface area (Å²) in [7, 11) is 0. The summed E-state index contributed by atoms with van der Waals surface area (Å²) < 4.78 is 6.07. The second-order valence-corrected chi connectivity index (χ2v) is 6.09. The summed E-state index contributed by atoms with van der Waals surface area (Å²) >= 11 is 6.30. The molecule has 0 saturated heterocycles. The fourth-order valence-electron chi connectivity index (χ4n) is 2.67. The van der Waals surface area contributed by atoms with Crippen LogP contribution in [0.25, 0.3) is 22.3 Å². The number of hydrogen-bond donors (Lipinski definition) is 1. The first-order valence-corrected chi connectivity index (χ1v) is 7.88. The number of aliphatic hydroxyl groups excluding tert-OH is 1. The molecule has 23 heavy (non-hydrogen) atoms. The van der Waals surface area contributed by atoms with Gasteiger partial charge in [-0.1, -0.05) is 42.5 Å². The maximum absolute atomic E-state index is 12.7. The average molecular weight is 329 g/mol. The van der Waals surface area contributed by atoms with E-state index in [9.17, 15) is 9.90 Å². The zero-order chi connectivity index (χ0) is 16.6. The first-order valence-electron chi connectivity index (χ1n) is 7.44. The fourth-order valence-corrected chi connectivity index (χ4v) is 2.85. The van der Waals surface area contributed by atoms with Gasteiger partial charge in [-0.25, -0.2) is 0 Å². The minimum Gasteiger partial charge on any atom is -0.455 e. The normalized spacial score (nSPS) is 13.9. The smallest absolute Gasteiger partial charge is 0.196 e. The Balaban J connectivity index is 2.35. The van der Waals surface area contributed by atoms with Gasteiger partial charge in [-0.15, -0.1) is 11.6 Å². The van der Waals surface area contributed by atoms with Crippen molar-refractivity contribution in [3.8, 4) is 11.3 Å². The zero-order valence-corrected chi connectivity index (χ0v) is 13.7. The van der Waals surface area contributed by atoms with Crippen LogP contribution >= 0.6 is 11.6 Å². The van der Waals surface area contributed by atoms with E-state index in [2.05, 4.69) is 0 Å². The van der Waals surface area contributed by atoms with Gasteiger partial charge in [0.25, 0.3) is 0 Å². The summed E-state index contributed by atoms with van der Waals surface area (Å²) in [6.07, 6.45) is -0.756. The third-order valence-corrected chi connectivity index (χ3v) is 4.53. The van der Waals surface area contributed by atoms with Crippen LogP contribution in [0.4, 0.5) is 0 Å². The number of aliphatic hydroxyl groups is 1. The fraction of sp³-hybridized carbons (Fsp3) is 0.211. The van der Waals surface area contributed by atoms with Gasteiger partial charge in [0.05, 0.1) is 16.9 Å². The number of hydrogen-bond acceptors (Lipinski definition) is 3. The summed E-state index contributed by atoms with van der Waals surface area (Å²) in [6, 6.07) is 14.7. The molecule has 4 heteroatoms. The molecule has 0 fully saturated rings. The van der Waals surface area contributed by atoms with Crippen LogP contribution in [0.5, 0.6) is 0 Å². The standard InChI is InChI=1S/C19H17ClO3/c1-11-17(22)15-10-6-9-14(16(20)12(2)21)19(15)23-18(11)13-7-4-3-5-8-13/h3-10,12,16,21H,1-2H3. The quantitative estimate of drug-likeness (QED) is 0.724. The van der Waals surface area contributed by atoms with E-state index in [0.717, 1.165) is 5.56 Å². The molecule has 0 aliphatic rings. The van der Waals surface area contributed by atoms with E-state index in [-0.39, 0.29) is 5.43 Å². The van der Waals surface area contributed by atoms with Crippen LogP contribution in [0.2, 0.25) is 0 Å². The highest BCUT2D eigenvalue weighted by molar-refractivity contribution is 6.22. The van der Waals surface area contributed by atoms with E-state index in [1.807, 2.05) is 30.3 Å². The lowest BCUT2D eigenvalue weighted by molar-refractivity contribution is 0.190. The molecule has 0 saturated carbocycles. The average Bonchev–Trinajstić information content (AvgIpc) is 2.57. The van der Waals surface area contributed by atoms with Gasteiger partial charge in [-0.2, -0.15) is 0 Å². The molecule has 3 nitrogen and oxygen atoms in total. The van der Waals surface area contributed by atoms with Crippen LogP contribution in [0.1, 0.15) is 23.4 Å². The molecule has 2 aromatic carbocycles. The third-order valence-electron chi connectivity index (χ3n) is 3.93. The first-order chi connectivity index (χ1) is 11.0. The van der Waals surface area contributed by atoms with Gasteiger partial charge in [0, 0.05) is 16.7 Å². The molecule has 3 aromatic rings. The molecule has 1 heterocycles. The minimum atomic E-state index is -0.756. The molecule has 0 radical (unpaired) electrons. The molecule has 2 unspecified atom stereocenters. The Morgan fingerprint density at radius 2 is 1.78 bits per heavy atom. The topological polar surface area (TPSA) is 50.4 Å². The molecule has 2 atom stereocenters. The van der Waals surface area contributed by atoms with Gasteiger partial charge >= 0.3 is 0 Å². The lowest BCUT2D eigenvalue weighted by Gasteiger charge is -2.15. The van der Waals surface area contributed by atoms with Crippen molar-refractivity contribution in [1.82, 2.24) is 0 Å². The summed E-state index contributed by atoms with van der Waals surface area (Å²) in [6.45, 7) is 3.37. The maximum Gasteiger partial charge on any atom is 0.196 e. The highest BCUT2D eigenvalue weighted by Gasteiger charge is 2.21. The molecule has 118 valence electrons. The number of rotatable bonds is 3. The highest BCUT2D eigenvalue weighted by Crippen LogP contribution is 2.33. The lowest BCUT2D eigenvalue weighted by Crippen LogP contribution is -2.12. The Morgan fingerprint density at radius 3 is 2.43 bits per heavy atom. The second-order valence-electron chi connectivity index (χ2n) is 5.62. The summed E-state index contributed by atoms with van der Waals surface area (Å²) in [5.74, 6) is 0.532. The summed E-state index contributed by atoms with van der Waals surface area (Å²) in [5, 5.41) is 9.62. The molecule has 3 rings (SSSR count). The van der Waals surface area contributed by atoms with Crippen molar-refractivity contribution in [2.75, 3.05) is 0 Å². The van der Waals surface area contributed by atoms with Gasteiger partial charge in [0.2, 0.25) is 0 Å². The van der Waals surface area contributed by atoms with Crippen LogP contribution in [0, 0.1) is 6.92 Å². The maximum atomic E-state index is 12.7. The predicted molar refractivity (Wildman–Crippen MR) is 92.9 cm³/mol. The van der Waals surface area contributed by atoms with Crippen LogP contribution in [0.15, 0.2) is 57.7 Å². The Bertz CT molecular complexity index is 898. The van der Waals surface area contributed by atoms with Crippen LogP contribution in [-0.2, 0) is 0 Å². The lowest BCUT2D eigenvalue weighted by atomic mass is 10.0. The molecule has 1 aromatic heterocycles. The number of alkyl halides is 1. The number of fused-ring (bicyclic) bond motifs is 1. The van der Waals surface area contributed by atoms with Gasteiger partial charge in [0.1, 0.15) is 11.3 Å². The molecule has 0 aliphatic carbocycles. The molecule has 0 spiro atoms. The molecule has 0 aliphatic heterocycles. The van der Waals surface area contributed by atoms with E-state index < -0.39 is 11.5 Å². The second kappa shape index (κ2) is 6.19. The van der Waals surface area contributed by atoms with Crippen molar-refractivity contribution in [2.24, 2.45) is 0 Å². The number of benzene rings is 2. The Hall–Kier alpha value is -2.10. The third kappa shape index (κ3) is 2.78. The van der Waals surface area contributed by atoms with Crippen LogP contribution in [0.3, 0.4) is 0 Å². The first kappa shape index (κ1) is 15.8. The van der Waals surface area contributed by atoms with Crippen LogP contribution < -0.4 is 5.43 Å². The Kier molecular flexibility index (Phi) is 4.24. The number of halogens is 1. The van der Waals surface area contributed by atoms with Crippen molar-refractivity contribution in [1.29, 1.82) is 0 Å². The van der Waals surface area contributed by atoms with Crippen molar-refractivity contribution in [3.05, 3.63) is 69.9 Å². The van der Waals surface area contributed by atoms with Gasteiger partial charge in [-0.3, -0.25) is 4.79 Å². The zero-order valence-electron chi connectivity index (χ0n) is 12.9. The van der Waals surface area contributed by atoms with E-state index >= 15 is 0 Å². The van der Waals surface area contributed by atoms with Crippen LogP contribution in [-0.4, -0.2) is 11.2 Å². The van der Waals surface area contributed by atoms with Crippen molar-refractivity contribution in [2.45, 2.75) is 25.3 Å². The monoisotopic (exact) mass is 328 g/mol. The van der Waals surface area contributed by atoms with E-state index in [4.69, 9.17) is 16.0 Å². The predicted octanol–water partition coefficient (Wildman–Crippen LogP) is 4.43. The van der Waals surface area contributed by atoms with Gasteiger partial charge in [-0.05, 0) is 19.9 Å². The van der Waals surface area contributed by atoms with E-state index in [0.29, 0.717) is 27.9 Å². The number of para-hydroxylation sites is 1. The summed E-state index contributed by atoms with van der Waals surface area (Å²) in [5.41, 5.74) is 2.36. The van der Waals surface area contributed by atoms with Crippen molar-refractivity contribution >= 4 is 22.6 Å². The summed E-state index contributed by atoms with van der Waals surface area (Å²) in [4.78, 5) is 12.7. The Labute approximate surface area is 139 Å². The highest BCUT2D eigenvalue weighted by atomic mass is 35.5. The van der Waals surface area contributed by atoms with Gasteiger partial charge in [0.15, 0.2) is 5.43 Å². The molecule has 1 N–H and O–H groups in total. The molecular formula is C19H17ClO3. The Morgan fingerprint density at radius 1 is 1.09 bits per heavy atom. The van der Waals surface area contributed by atoms with Crippen molar-refractivity contribution in [3.63, 3.8) is 0 Å². The SMILES string of the molecule is Cc1c(-c2ccccc2)oc2c(C(Cl)C(C)O)cccc2c1=O. The van der Waals surface area contributed by atoms with E-state index in [1.54, 1.807) is 32.0 Å². The largest absolute Gasteiger partial charge is 0.455 e. The minimum absolute atomic E-state index is 0.0820. The van der Waals surface area contributed by atoms with E-state index in [1.165, 1.54) is 0 Å². The molecule has 0 amide bonds. The molecule has 0 bridgehead atoms. The molecular weight excluding hydrogens is 312 g/mol.